The minimum Gasteiger partial charge on any atom is -0.259 e. The predicted molar refractivity (Wildman–Crippen MR) is 83.9 cm³/mol. The van der Waals surface area contributed by atoms with Gasteiger partial charge >= 0.3 is 0 Å². The highest BCUT2D eigenvalue weighted by molar-refractivity contribution is 9.10. The third-order valence-electron chi connectivity index (χ3n) is 2.92. The van der Waals surface area contributed by atoms with Gasteiger partial charge in [-0.25, -0.2) is 0 Å². The molecule has 5 heteroatoms. The molecule has 0 N–H and O–H groups in total. The van der Waals surface area contributed by atoms with Gasteiger partial charge in [0.1, 0.15) is 0 Å². The number of fused-ring (bicyclic) bond motifs is 1. The summed E-state index contributed by atoms with van der Waals surface area (Å²) in [6, 6.07) is 7.53. The molecule has 0 radical (unpaired) electrons. The fourth-order valence-electron chi connectivity index (χ4n) is 2.06. The lowest BCUT2D eigenvalue weighted by atomic mass is 10.0. The van der Waals surface area contributed by atoms with E-state index in [9.17, 15) is 10.1 Å². The number of benzene rings is 1. The van der Waals surface area contributed by atoms with E-state index in [4.69, 9.17) is 0 Å². The molecule has 4 nitrogen and oxygen atoms in total. The molecule has 0 amide bonds. The van der Waals surface area contributed by atoms with Crippen LogP contribution in [0.5, 0.6) is 0 Å². The molecule has 104 valence electrons. The summed E-state index contributed by atoms with van der Waals surface area (Å²) in [4.78, 5) is 15.2. The molecule has 0 aliphatic rings. The van der Waals surface area contributed by atoms with E-state index >= 15 is 0 Å². The van der Waals surface area contributed by atoms with E-state index in [1.807, 2.05) is 38.1 Å². The second kappa shape index (κ2) is 6.13. The number of hydrogen-bond acceptors (Lipinski definition) is 3. The largest absolute Gasteiger partial charge is 0.259 e. The number of rotatable bonds is 4. The van der Waals surface area contributed by atoms with Crippen LogP contribution in [0, 0.1) is 16.0 Å². The zero-order chi connectivity index (χ0) is 14.7. The fourth-order valence-corrected chi connectivity index (χ4v) is 2.51. The van der Waals surface area contributed by atoms with Crippen LogP contribution in [0.1, 0.15) is 25.8 Å². The standard InChI is InChI=1S/C15H15BrN2O2/c1-10(2)8-12(18(19)20)9-11-5-6-14(16)13-4-3-7-17-15(11)13/h3-7,9-10H,8H2,1-2H3/b12-9-. The van der Waals surface area contributed by atoms with Crippen LogP contribution in [-0.2, 0) is 0 Å². The minimum absolute atomic E-state index is 0.217. The van der Waals surface area contributed by atoms with Gasteiger partial charge in [0.15, 0.2) is 0 Å². The normalized spacial score (nSPS) is 12.1. The highest BCUT2D eigenvalue weighted by Gasteiger charge is 2.14. The van der Waals surface area contributed by atoms with Crippen LogP contribution in [0.15, 0.2) is 40.6 Å². The zero-order valence-electron chi connectivity index (χ0n) is 11.3. The lowest BCUT2D eigenvalue weighted by Gasteiger charge is -2.05. The summed E-state index contributed by atoms with van der Waals surface area (Å²) in [6.45, 7) is 3.94. The summed E-state index contributed by atoms with van der Waals surface area (Å²) in [7, 11) is 0. The van der Waals surface area contributed by atoms with Gasteiger partial charge in [0.25, 0.3) is 0 Å². The summed E-state index contributed by atoms with van der Waals surface area (Å²) in [5.41, 5.74) is 1.76. The Morgan fingerprint density at radius 2 is 2.20 bits per heavy atom. The predicted octanol–water partition coefficient (Wildman–Crippen LogP) is 4.66. The van der Waals surface area contributed by atoms with Crippen molar-refractivity contribution < 1.29 is 4.92 Å². The van der Waals surface area contributed by atoms with E-state index in [1.54, 1.807) is 12.3 Å². The summed E-state index contributed by atoms with van der Waals surface area (Å²) >= 11 is 3.47. The van der Waals surface area contributed by atoms with Gasteiger partial charge in [-0.2, -0.15) is 0 Å². The van der Waals surface area contributed by atoms with Gasteiger partial charge in [0, 0.05) is 34.1 Å². The van der Waals surface area contributed by atoms with Crippen molar-refractivity contribution in [1.29, 1.82) is 0 Å². The minimum atomic E-state index is -0.309. The van der Waals surface area contributed by atoms with E-state index in [2.05, 4.69) is 20.9 Å². The molecule has 1 aromatic carbocycles. The fraction of sp³-hybridized carbons (Fsp3) is 0.267. The van der Waals surface area contributed by atoms with Gasteiger partial charge in [-0.3, -0.25) is 15.1 Å². The first-order chi connectivity index (χ1) is 9.49. The van der Waals surface area contributed by atoms with Crippen molar-refractivity contribution >= 4 is 32.9 Å². The first-order valence-electron chi connectivity index (χ1n) is 6.37. The Bertz CT molecular complexity index is 681. The van der Waals surface area contributed by atoms with E-state index in [0.717, 1.165) is 20.9 Å². The topological polar surface area (TPSA) is 56.0 Å². The molecule has 1 heterocycles. The molecule has 2 aromatic rings. The SMILES string of the molecule is CC(C)C/C(=C/c1ccc(Br)c2cccnc12)[N+](=O)[O-]. The number of nitrogens with zero attached hydrogens (tertiary/aromatic N) is 2. The molecule has 1 aromatic heterocycles. The van der Waals surface area contributed by atoms with Gasteiger partial charge in [0.2, 0.25) is 5.70 Å². The monoisotopic (exact) mass is 334 g/mol. The highest BCUT2D eigenvalue weighted by Crippen LogP contribution is 2.27. The Balaban J connectivity index is 2.57. The Morgan fingerprint density at radius 1 is 1.45 bits per heavy atom. The number of aromatic nitrogens is 1. The molecule has 0 aliphatic heterocycles. The first kappa shape index (κ1) is 14.7. The molecule has 0 spiro atoms. The van der Waals surface area contributed by atoms with Crippen molar-refractivity contribution in [2.45, 2.75) is 20.3 Å². The number of pyridine rings is 1. The lowest BCUT2D eigenvalue weighted by Crippen LogP contribution is -2.02. The molecule has 0 bridgehead atoms. The third kappa shape index (κ3) is 3.22. The van der Waals surface area contributed by atoms with E-state index in [1.165, 1.54) is 0 Å². The number of hydrogen-bond donors (Lipinski definition) is 0. The van der Waals surface area contributed by atoms with Crippen LogP contribution < -0.4 is 0 Å². The maximum atomic E-state index is 11.1. The number of allylic oxidation sites excluding steroid dienone is 1. The van der Waals surface area contributed by atoms with Crippen molar-refractivity contribution in [2.75, 3.05) is 0 Å². The average molecular weight is 335 g/mol. The number of halogens is 1. The van der Waals surface area contributed by atoms with Crippen molar-refractivity contribution in [3.63, 3.8) is 0 Å². The van der Waals surface area contributed by atoms with Crippen molar-refractivity contribution in [1.82, 2.24) is 4.98 Å². The molecular formula is C15H15BrN2O2. The average Bonchev–Trinajstić information content (AvgIpc) is 2.40. The van der Waals surface area contributed by atoms with Crippen LogP contribution in [0.25, 0.3) is 17.0 Å². The molecule has 0 unspecified atom stereocenters. The Labute approximate surface area is 125 Å². The van der Waals surface area contributed by atoms with Gasteiger partial charge in [0.05, 0.1) is 10.4 Å². The summed E-state index contributed by atoms with van der Waals surface area (Å²) in [6.07, 6.45) is 3.76. The first-order valence-corrected chi connectivity index (χ1v) is 7.16. The molecule has 2 rings (SSSR count). The van der Waals surface area contributed by atoms with Crippen LogP contribution >= 0.6 is 15.9 Å². The van der Waals surface area contributed by atoms with E-state index in [0.29, 0.717) is 6.42 Å². The zero-order valence-corrected chi connectivity index (χ0v) is 12.9. The maximum Gasteiger partial charge on any atom is 0.247 e. The lowest BCUT2D eigenvalue weighted by molar-refractivity contribution is -0.427. The van der Waals surface area contributed by atoms with Crippen molar-refractivity contribution in [2.24, 2.45) is 5.92 Å². The van der Waals surface area contributed by atoms with Crippen molar-refractivity contribution in [3.05, 3.63) is 56.3 Å². The van der Waals surface area contributed by atoms with Gasteiger partial charge in [-0.15, -0.1) is 0 Å². The molecule has 0 atom stereocenters. The Hall–Kier alpha value is -1.75. The summed E-state index contributed by atoms with van der Waals surface area (Å²) in [5, 5.41) is 12.1. The second-order valence-electron chi connectivity index (χ2n) is 5.03. The van der Waals surface area contributed by atoms with Crippen LogP contribution in [0.2, 0.25) is 0 Å². The third-order valence-corrected chi connectivity index (χ3v) is 3.61. The van der Waals surface area contributed by atoms with Crippen LogP contribution in [0.4, 0.5) is 0 Å². The van der Waals surface area contributed by atoms with Crippen LogP contribution in [-0.4, -0.2) is 9.91 Å². The van der Waals surface area contributed by atoms with Gasteiger partial charge < -0.3 is 0 Å². The smallest absolute Gasteiger partial charge is 0.247 e. The maximum absolute atomic E-state index is 11.1. The quantitative estimate of drug-likeness (QED) is 0.603. The number of nitro groups is 1. The van der Waals surface area contributed by atoms with Crippen LogP contribution in [0.3, 0.4) is 0 Å². The van der Waals surface area contributed by atoms with Crippen molar-refractivity contribution in [3.8, 4) is 0 Å². The molecular weight excluding hydrogens is 320 g/mol. The molecule has 0 fully saturated rings. The molecule has 0 saturated carbocycles. The van der Waals surface area contributed by atoms with Gasteiger partial charge in [-0.05, 0) is 18.1 Å². The second-order valence-corrected chi connectivity index (χ2v) is 5.88. The molecule has 0 aliphatic carbocycles. The summed E-state index contributed by atoms with van der Waals surface area (Å²) in [5.74, 6) is 0.237. The summed E-state index contributed by atoms with van der Waals surface area (Å²) < 4.78 is 0.935. The Morgan fingerprint density at radius 3 is 2.85 bits per heavy atom. The van der Waals surface area contributed by atoms with Gasteiger partial charge in [-0.1, -0.05) is 41.9 Å². The highest BCUT2D eigenvalue weighted by atomic mass is 79.9. The van der Waals surface area contributed by atoms with E-state index < -0.39 is 0 Å². The Kier molecular flexibility index (Phi) is 4.49. The van der Waals surface area contributed by atoms with E-state index in [-0.39, 0.29) is 16.5 Å². The molecule has 0 saturated heterocycles. The molecule has 20 heavy (non-hydrogen) atoms.